The minimum Gasteiger partial charge on any atom is -0.497 e. The van der Waals surface area contributed by atoms with Crippen molar-refractivity contribution in [3.05, 3.63) is 69.3 Å². The normalized spacial score (nSPS) is 16.9. The molecule has 0 N–H and O–H groups in total. The third-order valence-corrected chi connectivity index (χ3v) is 4.12. The molecule has 0 aliphatic carbocycles. The molecule has 3 rings (SSSR count). The van der Waals surface area contributed by atoms with Gasteiger partial charge in [-0.25, -0.2) is 4.90 Å². The van der Waals surface area contributed by atoms with Crippen LogP contribution in [0.15, 0.2) is 42.5 Å². The van der Waals surface area contributed by atoms with E-state index < -0.39 is 6.17 Å². The van der Waals surface area contributed by atoms with Gasteiger partial charge in [-0.2, -0.15) is 0 Å². The molecular formula is C17H18N2O4. The van der Waals surface area contributed by atoms with Crippen LogP contribution in [0.25, 0.3) is 0 Å². The Labute approximate surface area is 134 Å². The SMILES string of the molecule is COc1ccc(CN2Cc3ccccc3[C@@H]2[N+](=O)[O-])c(OC)c1. The first-order valence-electron chi connectivity index (χ1n) is 7.30. The van der Waals surface area contributed by atoms with Crippen molar-refractivity contribution in [1.82, 2.24) is 4.90 Å². The standard InChI is InChI=1S/C17H18N2O4/c1-22-14-8-7-13(16(9-14)23-2)11-18-10-12-5-3-4-6-15(12)17(18)19(20)21/h3-9,17H,10-11H2,1-2H3/t17-/m0/s1. The molecule has 0 saturated carbocycles. The lowest BCUT2D eigenvalue weighted by Gasteiger charge is -2.20. The van der Waals surface area contributed by atoms with Gasteiger partial charge in [0.1, 0.15) is 11.5 Å². The van der Waals surface area contributed by atoms with E-state index in [1.54, 1.807) is 20.3 Å². The third kappa shape index (κ3) is 2.85. The predicted molar refractivity (Wildman–Crippen MR) is 85.0 cm³/mol. The summed E-state index contributed by atoms with van der Waals surface area (Å²) in [6.45, 7) is 0.991. The van der Waals surface area contributed by atoms with Crippen molar-refractivity contribution in [1.29, 1.82) is 0 Å². The van der Waals surface area contributed by atoms with Crippen molar-refractivity contribution < 1.29 is 14.4 Å². The third-order valence-electron chi connectivity index (χ3n) is 4.12. The summed E-state index contributed by atoms with van der Waals surface area (Å²) in [7, 11) is 3.18. The Morgan fingerprint density at radius 3 is 2.70 bits per heavy atom. The number of methoxy groups -OCH3 is 2. The molecule has 6 heteroatoms. The summed E-state index contributed by atoms with van der Waals surface area (Å²) < 4.78 is 10.6. The van der Waals surface area contributed by atoms with E-state index in [1.165, 1.54) is 0 Å². The van der Waals surface area contributed by atoms with Crippen LogP contribution in [-0.4, -0.2) is 24.0 Å². The lowest BCUT2D eigenvalue weighted by Crippen LogP contribution is -2.27. The Balaban J connectivity index is 1.90. The van der Waals surface area contributed by atoms with Crippen molar-refractivity contribution in [2.75, 3.05) is 14.2 Å². The van der Waals surface area contributed by atoms with Gasteiger partial charge in [0.15, 0.2) is 0 Å². The van der Waals surface area contributed by atoms with E-state index in [-0.39, 0.29) is 4.92 Å². The molecule has 1 heterocycles. The van der Waals surface area contributed by atoms with E-state index in [9.17, 15) is 10.1 Å². The van der Waals surface area contributed by atoms with Crippen molar-refractivity contribution in [3.63, 3.8) is 0 Å². The molecule has 0 fully saturated rings. The van der Waals surface area contributed by atoms with Gasteiger partial charge in [0.05, 0.1) is 14.2 Å². The van der Waals surface area contributed by atoms with Gasteiger partial charge in [0, 0.05) is 35.2 Å². The highest BCUT2D eigenvalue weighted by Crippen LogP contribution is 2.36. The number of nitrogens with zero attached hydrogens (tertiary/aromatic N) is 2. The lowest BCUT2D eigenvalue weighted by atomic mass is 10.1. The van der Waals surface area contributed by atoms with Crippen LogP contribution < -0.4 is 9.47 Å². The Morgan fingerprint density at radius 2 is 2.00 bits per heavy atom. The van der Waals surface area contributed by atoms with Gasteiger partial charge >= 0.3 is 0 Å². The van der Waals surface area contributed by atoms with E-state index in [0.717, 1.165) is 16.7 Å². The quantitative estimate of drug-likeness (QED) is 0.627. The monoisotopic (exact) mass is 314 g/mol. The summed E-state index contributed by atoms with van der Waals surface area (Å²) in [5, 5.41) is 11.5. The van der Waals surface area contributed by atoms with Gasteiger partial charge in [-0.1, -0.05) is 30.3 Å². The van der Waals surface area contributed by atoms with Crippen LogP contribution in [0, 0.1) is 10.1 Å². The van der Waals surface area contributed by atoms with Gasteiger partial charge in [-0.3, -0.25) is 10.1 Å². The average Bonchev–Trinajstić information content (AvgIpc) is 2.93. The van der Waals surface area contributed by atoms with Crippen molar-refractivity contribution >= 4 is 0 Å². The Kier molecular flexibility index (Phi) is 4.16. The van der Waals surface area contributed by atoms with Crippen LogP contribution in [0.1, 0.15) is 22.9 Å². The molecule has 0 unspecified atom stereocenters. The van der Waals surface area contributed by atoms with Crippen LogP contribution in [-0.2, 0) is 13.1 Å². The Bertz CT molecular complexity index is 732. The summed E-state index contributed by atoms with van der Waals surface area (Å²) in [6, 6.07) is 13.0. The molecule has 1 aliphatic rings. The maximum Gasteiger partial charge on any atom is 0.295 e. The van der Waals surface area contributed by atoms with Crippen molar-refractivity contribution in [2.45, 2.75) is 19.3 Å². The van der Waals surface area contributed by atoms with E-state index >= 15 is 0 Å². The summed E-state index contributed by atoms with van der Waals surface area (Å²) >= 11 is 0. The van der Waals surface area contributed by atoms with Crippen LogP contribution in [0.2, 0.25) is 0 Å². The molecular weight excluding hydrogens is 296 g/mol. The zero-order valence-electron chi connectivity index (χ0n) is 13.1. The number of rotatable bonds is 5. The first kappa shape index (κ1) is 15.3. The molecule has 1 atom stereocenters. The van der Waals surface area contributed by atoms with E-state index in [1.807, 2.05) is 41.3 Å². The molecule has 2 aromatic rings. The van der Waals surface area contributed by atoms with E-state index in [0.29, 0.717) is 24.6 Å². The topological polar surface area (TPSA) is 64.8 Å². The first-order chi connectivity index (χ1) is 11.1. The molecule has 1 aliphatic heterocycles. The summed E-state index contributed by atoms with van der Waals surface area (Å²) in [5.41, 5.74) is 2.67. The first-order valence-corrected chi connectivity index (χ1v) is 7.30. The second-order valence-corrected chi connectivity index (χ2v) is 5.44. The van der Waals surface area contributed by atoms with E-state index in [4.69, 9.17) is 9.47 Å². The van der Waals surface area contributed by atoms with Gasteiger partial charge in [0.2, 0.25) is 0 Å². The Hall–Kier alpha value is -2.60. The Morgan fingerprint density at radius 1 is 1.22 bits per heavy atom. The van der Waals surface area contributed by atoms with Crippen molar-refractivity contribution in [2.24, 2.45) is 0 Å². The van der Waals surface area contributed by atoms with Crippen LogP contribution in [0.5, 0.6) is 11.5 Å². The molecule has 23 heavy (non-hydrogen) atoms. The highest BCUT2D eigenvalue weighted by molar-refractivity contribution is 5.41. The number of fused-ring (bicyclic) bond motifs is 1. The molecule has 0 aromatic heterocycles. The fraction of sp³-hybridized carbons (Fsp3) is 0.294. The highest BCUT2D eigenvalue weighted by Gasteiger charge is 2.38. The minimum atomic E-state index is -0.821. The van der Waals surface area contributed by atoms with Gasteiger partial charge < -0.3 is 9.47 Å². The maximum atomic E-state index is 11.5. The van der Waals surface area contributed by atoms with Gasteiger partial charge in [-0.15, -0.1) is 0 Å². The molecule has 0 saturated heterocycles. The largest absolute Gasteiger partial charge is 0.497 e. The summed E-state index contributed by atoms with van der Waals surface area (Å²) in [6.07, 6.45) is -0.821. The second kappa shape index (κ2) is 6.26. The number of ether oxygens (including phenoxy) is 2. The van der Waals surface area contributed by atoms with Gasteiger partial charge in [-0.05, 0) is 11.6 Å². The maximum absolute atomic E-state index is 11.5. The zero-order chi connectivity index (χ0) is 16.4. The number of hydrogen-bond acceptors (Lipinski definition) is 5. The molecule has 2 aromatic carbocycles. The number of hydrogen-bond donors (Lipinski definition) is 0. The number of nitro groups is 1. The van der Waals surface area contributed by atoms with Crippen LogP contribution >= 0.6 is 0 Å². The summed E-state index contributed by atoms with van der Waals surface area (Å²) in [4.78, 5) is 13.1. The smallest absolute Gasteiger partial charge is 0.295 e. The zero-order valence-corrected chi connectivity index (χ0v) is 13.1. The molecule has 0 amide bonds. The highest BCUT2D eigenvalue weighted by atomic mass is 16.6. The minimum absolute atomic E-state index is 0.234. The molecule has 0 spiro atoms. The average molecular weight is 314 g/mol. The second-order valence-electron chi connectivity index (χ2n) is 5.44. The van der Waals surface area contributed by atoms with E-state index in [2.05, 4.69) is 0 Å². The molecule has 0 radical (unpaired) electrons. The molecule has 120 valence electrons. The van der Waals surface area contributed by atoms with Crippen LogP contribution in [0.4, 0.5) is 0 Å². The predicted octanol–water partition coefficient (Wildman–Crippen LogP) is 2.99. The van der Waals surface area contributed by atoms with Gasteiger partial charge in [0.25, 0.3) is 6.17 Å². The van der Waals surface area contributed by atoms with Crippen LogP contribution in [0.3, 0.4) is 0 Å². The fourth-order valence-corrected chi connectivity index (χ4v) is 3.02. The molecule has 6 nitrogen and oxygen atoms in total. The van der Waals surface area contributed by atoms with Crippen molar-refractivity contribution in [3.8, 4) is 11.5 Å². The number of benzene rings is 2. The molecule has 0 bridgehead atoms. The lowest BCUT2D eigenvalue weighted by molar-refractivity contribution is -0.557. The fourth-order valence-electron chi connectivity index (χ4n) is 3.02. The summed E-state index contributed by atoms with van der Waals surface area (Å²) in [5.74, 6) is 1.36.